The maximum absolute atomic E-state index is 10.5. The molecule has 0 saturated heterocycles. The summed E-state index contributed by atoms with van der Waals surface area (Å²) >= 11 is 27.0. The summed E-state index contributed by atoms with van der Waals surface area (Å²) in [5, 5.41) is 24.1. The number of rotatable bonds is 2. The highest BCUT2D eigenvalue weighted by Crippen LogP contribution is 2.33. The molecule has 0 fully saturated rings. The Morgan fingerprint density at radius 2 is 1.53 bits per heavy atom. The van der Waals surface area contributed by atoms with Crippen molar-refractivity contribution in [2.24, 2.45) is 10.9 Å². The van der Waals surface area contributed by atoms with E-state index in [-0.39, 0.29) is 16.4 Å². The summed E-state index contributed by atoms with van der Waals surface area (Å²) in [4.78, 5) is 14.6. The minimum absolute atomic E-state index is 0.106. The lowest BCUT2D eigenvalue weighted by atomic mass is 10.2. The van der Waals surface area contributed by atoms with Crippen molar-refractivity contribution in [1.29, 1.82) is 0 Å². The quantitative estimate of drug-likeness (QED) is 0.0801. The molecule has 1 aromatic heterocycles. The zero-order chi connectivity index (χ0) is 28.8. The number of aromatic carboxylic acids is 1. The second-order valence-corrected chi connectivity index (χ2v) is 10.7. The molecule has 0 aliphatic carbocycles. The fraction of sp³-hybridized carbons (Fsp3) is 0.0833. The summed E-state index contributed by atoms with van der Waals surface area (Å²) in [5.41, 5.74) is 5.63. The third-order valence-corrected chi connectivity index (χ3v) is 6.51. The number of carboxylic acids is 1. The standard InChI is InChI=1S/C9H6BrClN2O.C7H4BrClO2.C6H4BrCl.C2H6N2O/c1-5-12-9(14-13-5)8-6(10)3-2-4-7(8)11;8-4-2-1-3-5(9)6(4)7(10)11;7-5-2-1-3-6(8)4-5;1-2(3)4-5/h2-4H,1H3;1-3H,(H,10,11);1-4H;5H,1H3,(H2,3,4). The Labute approximate surface area is 259 Å². The number of amidine groups is 1. The molecule has 202 valence electrons. The number of benzene rings is 3. The van der Waals surface area contributed by atoms with Crippen molar-refractivity contribution in [2.75, 3.05) is 0 Å². The number of nitrogens with two attached hydrogens (primary N) is 1. The van der Waals surface area contributed by atoms with Gasteiger partial charge in [0.25, 0.3) is 5.89 Å². The number of hydrogen-bond acceptors (Lipinski definition) is 6. The molecule has 0 aliphatic heterocycles. The molecule has 1 heterocycles. The topological polar surface area (TPSA) is 135 Å². The van der Waals surface area contributed by atoms with E-state index in [0.717, 1.165) is 19.5 Å². The zero-order valence-corrected chi connectivity index (χ0v) is 26.7. The lowest BCUT2D eigenvalue weighted by Gasteiger charge is -2.00. The highest BCUT2D eigenvalue weighted by atomic mass is 79.9. The third kappa shape index (κ3) is 12.1. The number of carboxylic acid groups (broad SMARTS) is 1. The lowest BCUT2D eigenvalue weighted by molar-refractivity contribution is 0.0696. The van der Waals surface area contributed by atoms with Gasteiger partial charge in [-0.3, -0.25) is 0 Å². The molecule has 0 aliphatic rings. The summed E-state index contributed by atoms with van der Waals surface area (Å²) in [7, 11) is 0. The van der Waals surface area contributed by atoms with Crippen LogP contribution in [0.1, 0.15) is 23.1 Å². The second kappa shape index (κ2) is 17.4. The molecule has 0 saturated carbocycles. The summed E-state index contributed by atoms with van der Waals surface area (Å²) in [6.07, 6.45) is 0. The largest absolute Gasteiger partial charge is 0.478 e. The van der Waals surface area contributed by atoms with Crippen LogP contribution in [0.4, 0.5) is 0 Å². The summed E-state index contributed by atoms with van der Waals surface area (Å²) < 4.78 is 7.39. The summed E-state index contributed by atoms with van der Waals surface area (Å²) in [6.45, 7) is 3.26. The molecule has 38 heavy (non-hydrogen) atoms. The van der Waals surface area contributed by atoms with E-state index in [1.54, 1.807) is 25.1 Å². The van der Waals surface area contributed by atoms with Gasteiger partial charge in [-0.05, 0) is 88.2 Å². The number of aromatic nitrogens is 2. The molecular weight excluding hydrogens is 754 g/mol. The van der Waals surface area contributed by atoms with Gasteiger partial charge in [0.05, 0.1) is 21.2 Å². The fourth-order valence-electron chi connectivity index (χ4n) is 2.26. The maximum Gasteiger partial charge on any atom is 0.338 e. The van der Waals surface area contributed by atoms with Crippen LogP contribution in [-0.2, 0) is 0 Å². The van der Waals surface area contributed by atoms with Gasteiger partial charge in [0, 0.05) is 18.4 Å². The van der Waals surface area contributed by atoms with Crippen molar-refractivity contribution in [2.45, 2.75) is 13.8 Å². The van der Waals surface area contributed by atoms with E-state index in [9.17, 15) is 4.79 Å². The van der Waals surface area contributed by atoms with Gasteiger partial charge in [-0.15, -0.1) is 0 Å². The first kappa shape index (κ1) is 33.9. The van der Waals surface area contributed by atoms with Crippen LogP contribution in [0.15, 0.2) is 83.8 Å². The Kier molecular flexibility index (Phi) is 15.5. The lowest BCUT2D eigenvalue weighted by Crippen LogP contribution is -2.03. The average Bonchev–Trinajstić information content (AvgIpc) is 3.25. The number of halogens is 6. The van der Waals surface area contributed by atoms with E-state index in [1.165, 1.54) is 13.0 Å². The van der Waals surface area contributed by atoms with Crippen LogP contribution in [-0.4, -0.2) is 32.3 Å². The molecule has 8 nitrogen and oxygen atoms in total. The number of aryl methyl sites for hydroxylation is 1. The van der Waals surface area contributed by atoms with Crippen LogP contribution in [0.25, 0.3) is 11.5 Å². The Hall–Kier alpha value is -2.15. The van der Waals surface area contributed by atoms with E-state index < -0.39 is 5.97 Å². The van der Waals surface area contributed by atoms with Gasteiger partial charge in [-0.25, -0.2) is 4.79 Å². The van der Waals surface area contributed by atoms with Crippen LogP contribution in [0.3, 0.4) is 0 Å². The van der Waals surface area contributed by atoms with Crippen molar-refractivity contribution in [3.63, 3.8) is 0 Å². The van der Waals surface area contributed by atoms with Crippen LogP contribution >= 0.6 is 82.6 Å². The molecule has 14 heteroatoms. The van der Waals surface area contributed by atoms with Crippen LogP contribution < -0.4 is 5.73 Å². The van der Waals surface area contributed by atoms with E-state index in [0.29, 0.717) is 21.2 Å². The first-order valence-corrected chi connectivity index (χ1v) is 13.7. The number of oxime groups is 1. The SMILES string of the molecule is C/C(N)=N/O.Cc1noc(-c2c(Cl)cccc2Br)n1.Clc1cccc(Br)c1.O=C(O)c1c(Cl)cccc1Br. The van der Waals surface area contributed by atoms with Crippen molar-refractivity contribution >= 4 is 94.4 Å². The van der Waals surface area contributed by atoms with Crippen molar-refractivity contribution in [1.82, 2.24) is 10.1 Å². The van der Waals surface area contributed by atoms with E-state index in [4.69, 9.17) is 55.4 Å². The Morgan fingerprint density at radius 3 is 1.89 bits per heavy atom. The summed E-state index contributed by atoms with van der Waals surface area (Å²) in [6, 6.07) is 17.9. The molecule has 0 bridgehead atoms. The van der Waals surface area contributed by atoms with Crippen LogP contribution in [0.2, 0.25) is 15.1 Å². The molecule has 3 aromatic carbocycles. The number of nitrogens with zero attached hydrogens (tertiary/aromatic N) is 3. The van der Waals surface area contributed by atoms with Gasteiger partial charge < -0.3 is 20.6 Å². The second-order valence-electron chi connectivity index (χ2n) is 6.83. The normalized spacial score (nSPS) is 10.2. The van der Waals surface area contributed by atoms with Gasteiger partial charge in [0.15, 0.2) is 5.82 Å². The van der Waals surface area contributed by atoms with Crippen LogP contribution in [0.5, 0.6) is 0 Å². The number of hydrogen-bond donors (Lipinski definition) is 3. The van der Waals surface area contributed by atoms with Gasteiger partial charge in [0.1, 0.15) is 5.84 Å². The van der Waals surface area contributed by atoms with Gasteiger partial charge in [-0.1, -0.05) is 79.2 Å². The number of carbonyl (C=O) groups is 1. The maximum atomic E-state index is 10.5. The molecule has 0 spiro atoms. The van der Waals surface area contributed by atoms with Crippen molar-refractivity contribution < 1.29 is 19.6 Å². The predicted molar refractivity (Wildman–Crippen MR) is 162 cm³/mol. The van der Waals surface area contributed by atoms with E-state index >= 15 is 0 Å². The van der Waals surface area contributed by atoms with Crippen molar-refractivity contribution in [3.05, 3.63) is 101 Å². The molecule has 4 N–H and O–H groups in total. The average molecular weight is 775 g/mol. The van der Waals surface area contributed by atoms with Gasteiger partial charge in [-0.2, -0.15) is 4.98 Å². The molecule has 0 radical (unpaired) electrons. The first-order chi connectivity index (χ1) is 17.9. The minimum atomic E-state index is -1.03. The predicted octanol–water partition coefficient (Wildman–Crippen LogP) is 9.12. The molecule has 0 unspecified atom stereocenters. The van der Waals surface area contributed by atoms with Gasteiger partial charge in [0.2, 0.25) is 0 Å². The zero-order valence-electron chi connectivity index (χ0n) is 19.7. The fourth-order valence-corrected chi connectivity index (χ4v) is 4.79. The monoisotopic (exact) mass is 770 g/mol. The molecular formula is C24H20Br3Cl3N4O4. The smallest absolute Gasteiger partial charge is 0.338 e. The van der Waals surface area contributed by atoms with E-state index in [2.05, 4.69) is 63.1 Å². The molecule has 0 atom stereocenters. The first-order valence-electron chi connectivity index (χ1n) is 10.1. The molecule has 0 amide bonds. The van der Waals surface area contributed by atoms with Gasteiger partial charge >= 0.3 is 5.97 Å². The minimum Gasteiger partial charge on any atom is -0.478 e. The van der Waals surface area contributed by atoms with Crippen LogP contribution in [0, 0.1) is 6.92 Å². The van der Waals surface area contributed by atoms with E-state index in [1.807, 2.05) is 36.4 Å². The molecule has 4 rings (SSSR count). The van der Waals surface area contributed by atoms with Crippen molar-refractivity contribution in [3.8, 4) is 11.5 Å². The third-order valence-electron chi connectivity index (χ3n) is 3.83. The molecule has 4 aromatic rings. The summed E-state index contributed by atoms with van der Waals surface area (Å²) in [5.74, 6) is 0.180. The highest BCUT2D eigenvalue weighted by molar-refractivity contribution is 9.11. The Bertz CT molecular complexity index is 1330. The Morgan fingerprint density at radius 1 is 0.974 bits per heavy atom. The Balaban J connectivity index is 0.000000270. The highest BCUT2D eigenvalue weighted by Gasteiger charge is 2.13.